The van der Waals surface area contributed by atoms with Gasteiger partial charge in [0.2, 0.25) is 0 Å². The highest BCUT2D eigenvalue weighted by molar-refractivity contribution is 7.08. The largest absolute Gasteiger partial charge is 0.481 e. The Morgan fingerprint density at radius 1 is 1.07 bits per heavy atom. The molecule has 1 aliphatic rings. The Hall–Kier alpha value is -2.63. The number of para-hydroxylation sites is 1. The van der Waals surface area contributed by atoms with Gasteiger partial charge in [-0.3, -0.25) is 9.69 Å². The summed E-state index contributed by atoms with van der Waals surface area (Å²) < 4.78 is 6.02. The molecule has 0 spiro atoms. The molecule has 1 saturated heterocycles. The number of hydrogen-bond acceptors (Lipinski definition) is 4. The number of benzene rings is 2. The van der Waals surface area contributed by atoms with Crippen LogP contribution in [0.1, 0.15) is 30.0 Å². The fraction of sp³-hybridized carbons (Fsp3) is 0.261. The fourth-order valence-electron chi connectivity index (χ4n) is 3.86. The van der Waals surface area contributed by atoms with Gasteiger partial charge in [0.15, 0.2) is 0 Å². The summed E-state index contributed by atoms with van der Waals surface area (Å²) in [6.07, 6.45) is 1.65. The number of rotatable bonds is 6. The molecule has 2 unspecified atom stereocenters. The zero-order valence-corrected chi connectivity index (χ0v) is 16.3. The van der Waals surface area contributed by atoms with Crippen molar-refractivity contribution in [3.05, 3.63) is 82.6 Å². The van der Waals surface area contributed by atoms with E-state index in [2.05, 4.69) is 33.9 Å². The molecule has 0 saturated carbocycles. The van der Waals surface area contributed by atoms with Gasteiger partial charge in [0, 0.05) is 6.54 Å². The van der Waals surface area contributed by atoms with Gasteiger partial charge in [0.25, 0.3) is 0 Å². The minimum atomic E-state index is -0.699. The second-order valence-electron chi connectivity index (χ2n) is 7.12. The van der Waals surface area contributed by atoms with Gasteiger partial charge in [-0.2, -0.15) is 11.3 Å². The Bertz CT molecular complexity index is 911. The van der Waals surface area contributed by atoms with E-state index in [0.717, 1.165) is 36.4 Å². The van der Waals surface area contributed by atoms with Crippen LogP contribution in [-0.2, 0) is 4.79 Å². The van der Waals surface area contributed by atoms with Gasteiger partial charge >= 0.3 is 5.97 Å². The molecule has 144 valence electrons. The van der Waals surface area contributed by atoms with Crippen molar-refractivity contribution in [1.82, 2.24) is 4.90 Å². The third-order valence-corrected chi connectivity index (χ3v) is 5.88. The van der Waals surface area contributed by atoms with Crippen LogP contribution in [0, 0.1) is 5.92 Å². The van der Waals surface area contributed by atoms with E-state index in [1.54, 1.807) is 11.3 Å². The quantitative estimate of drug-likeness (QED) is 0.607. The molecule has 1 N–H and O–H groups in total. The SMILES string of the molecule is O=C(O)C1CCCN(C(c2ccsc2)c2cccc(Oc3ccccc3)c2)C1. The van der Waals surface area contributed by atoms with Crippen molar-refractivity contribution in [1.29, 1.82) is 0 Å². The third kappa shape index (κ3) is 4.26. The zero-order chi connectivity index (χ0) is 19.3. The topological polar surface area (TPSA) is 49.8 Å². The predicted octanol–water partition coefficient (Wildman–Crippen LogP) is 5.43. The maximum absolute atomic E-state index is 11.6. The Morgan fingerprint density at radius 3 is 2.64 bits per heavy atom. The molecule has 2 aromatic carbocycles. The van der Waals surface area contributed by atoms with Gasteiger partial charge < -0.3 is 9.84 Å². The molecule has 3 aromatic rings. The van der Waals surface area contributed by atoms with Crippen LogP contribution in [0.4, 0.5) is 0 Å². The number of piperidine rings is 1. The van der Waals surface area contributed by atoms with E-state index in [1.807, 2.05) is 42.5 Å². The summed E-state index contributed by atoms with van der Waals surface area (Å²) in [5.41, 5.74) is 2.32. The second-order valence-corrected chi connectivity index (χ2v) is 7.90. The Labute approximate surface area is 169 Å². The van der Waals surface area contributed by atoms with Crippen LogP contribution in [0.15, 0.2) is 71.4 Å². The van der Waals surface area contributed by atoms with Crippen LogP contribution in [-0.4, -0.2) is 29.1 Å². The summed E-state index contributed by atoms with van der Waals surface area (Å²) in [6, 6.07) is 20.0. The first-order valence-corrected chi connectivity index (χ1v) is 10.5. The second kappa shape index (κ2) is 8.59. The summed E-state index contributed by atoms with van der Waals surface area (Å²) in [6.45, 7) is 1.47. The third-order valence-electron chi connectivity index (χ3n) is 5.18. The average molecular weight is 394 g/mol. The first kappa shape index (κ1) is 18.7. The van der Waals surface area contributed by atoms with Crippen molar-refractivity contribution < 1.29 is 14.6 Å². The highest BCUT2D eigenvalue weighted by Gasteiger charge is 2.31. The molecule has 0 radical (unpaired) electrons. The van der Waals surface area contributed by atoms with Crippen molar-refractivity contribution in [2.45, 2.75) is 18.9 Å². The van der Waals surface area contributed by atoms with E-state index in [1.165, 1.54) is 5.56 Å². The van der Waals surface area contributed by atoms with E-state index in [0.29, 0.717) is 6.54 Å². The van der Waals surface area contributed by atoms with E-state index in [9.17, 15) is 9.90 Å². The summed E-state index contributed by atoms with van der Waals surface area (Å²) in [4.78, 5) is 13.9. The van der Waals surface area contributed by atoms with Crippen molar-refractivity contribution in [2.75, 3.05) is 13.1 Å². The van der Waals surface area contributed by atoms with Gasteiger partial charge in [-0.25, -0.2) is 0 Å². The lowest BCUT2D eigenvalue weighted by atomic mass is 9.92. The first-order valence-electron chi connectivity index (χ1n) is 9.52. The minimum Gasteiger partial charge on any atom is -0.481 e. The number of hydrogen-bond donors (Lipinski definition) is 1. The molecule has 4 rings (SSSR count). The lowest BCUT2D eigenvalue weighted by Crippen LogP contribution is -2.41. The minimum absolute atomic E-state index is 0.0349. The van der Waals surface area contributed by atoms with Gasteiger partial charge in [0.05, 0.1) is 12.0 Å². The number of nitrogens with zero attached hydrogens (tertiary/aromatic N) is 1. The van der Waals surface area contributed by atoms with Gasteiger partial charge in [-0.05, 0) is 71.6 Å². The van der Waals surface area contributed by atoms with Crippen molar-refractivity contribution in [3.8, 4) is 11.5 Å². The zero-order valence-electron chi connectivity index (χ0n) is 15.5. The molecule has 1 aromatic heterocycles. The van der Waals surface area contributed by atoms with Crippen molar-refractivity contribution >= 4 is 17.3 Å². The Kier molecular flexibility index (Phi) is 5.74. The van der Waals surface area contributed by atoms with Crippen LogP contribution < -0.4 is 4.74 Å². The molecule has 0 amide bonds. The maximum atomic E-state index is 11.6. The number of carbonyl (C=O) groups is 1. The maximum Gasteiger partial charge on any atom is 0.307 e. The molecule has 4 nitrogen and oxygen atoms in total. The molecule has 2 heterocycles. The smallest absolute Gasteiger partial charge is 0.307 e. The van der Waals surface area contributed by atoms with Crippen LogP contribution in [0.3, 0.4) is 0 Å². The average Bonchev–Trinajstić information content (AvgIpc) is 3.24. The lowest BCUT2D eigenvalue weighted by Gasteiger charge is -2.37. The van der Waals surface area contributed by atoms with Gasteiger partial charge in [-0.1, -0.05) is 30.3 Å². The predicted molar refractivity (Wildman–Crippen MR) is 111 cm³/mol. The molecule has 2 atom stereocenters. The van der Waals surface area contributed by atoms with Crippen LogP contribution in [0.2, 0.25) is 0 Å². The molecule has 0 bridgehead atoms. The summed E-state index contributed by atoms with van der Waals surface area (Å²) >= 11 is 1.67. The fourth-order valence-corrected chi connectivity index (χ4v) is 4.54. The monoisotopic (exact) mass is 393 g/mol. The van der Waals surface area contributed by atoms with Crippen LogP contribution in [0.5, 0.6) is 11.5 Å². The highest BCUT2D eigenvalue weighted by atomic mass is 32.1. The summed E-state index contributed by atoms with van der Waals surface area (Å²) in [5, 5.41) is 13.7. The van der Waals surface area contributed by atoms with E-state index < -0.39 is 5.97 Å². The molecular formula is C23H23NO3S. The van der Waals surface area contributed by atoms with Gasteiger partial charge in [-0.15, -0.1) is 0 Å². The summed E-state index contributed by atoms with van der Waals surface area (Å²) in [7, 11) is 0. The van der Waals surface area contributed by atoms with E-state index in [4.69, 9.17) is 4.74 Å². The van der Waals surface area contributed by atoms with E-state index >= 15 is 0 Å². The standard InChI is InChI=1S/C23H23NO3S/c25-23(26)18-7-5-12-24(15-18)22(19-11-13-28-16-19)17-6-4-10-21(14-17)27-20-8-2-1-3-9-20/h1-4,6,8-11,13-14,16,18,22H,5,7,12,15H2,(H,25,26). The molecule has 5 heteroatoms. The Morgan fingerprint density at radius 2 is 1.89 bits per heavy atom. The number of aliphatic carboxylic acids is 1. The van der Waals surface area contributed by atoms with Gasteiger partial charge in [0.1, 0.15) is 11.5 Å². The van der Waals surface area contributed by atoms with Crippen molar-refractivity contribution in [2.24, 2.45) is 5.92 Å². The molecule has 0 aliphatic carbocycles. The number of carboxylic acid groups (broad SMARTS) is 1. The lowest BCUT2D eigenvalue weighted by molar-refractivity contribution is -0.143. The number of ether oxygens (including phenoxy) is 1. The van der Waals surface area contributed by atoms with Crippen molar-refractivity contribution in [3.63, 3.8) is 0 Å². The van der Waals surface area contributed by atoms with Crippen LogP contribution >= 0.6 is 11.3 Å². The van der Waals surface area contributed by atoms with Crippen LogP contribution in [0.25, 0.3) is 0 Å². The number of likely N-dealkylation sites (tertiary alicyclic amines) is 1. The Balaban J connectivity index is 1.64. The highest BCUT2D eigenvalue weighted by Crippen LogP contribution is 2.35. The molecular weight excluding hydrogens is 370 g/mol. The first-order chi connectivity index (χ1) is 13.7. The molecule has 1 fully saturated rings. The van der Waals surface area contributed by atoms with E-state index in [-0.39, 0.29) is 12.0 Å². The number of carboxylic acids is 1. The summed E-state index contributed by atoms with van der Waals surface area (Å²) in [5.74, 6) is 0.583. The normalized spacial score (nSPS) is 18.5. The molecule has 1 aliphatic heterocycles. The molecule has 28 heavy (non-hydrogen) atoms. The number of thiophene rings is 1.